The molecular formula is C16H14BrClFNO. The van der Waals surface area contributed by atoms with E-state index in [0.717, 1.165) is 5.56 Å². The Balaban J connectivity index is 2.26. The van der Waals surface area contributed by atoms with Gasteiger partial charge < -0.3 is 4.90 Å². The summed E-state index contributed by atoms with van der Waals surface area (Å²) in [6.07, 6.45) is 0. The van der Waals surface area contributed by atoms with E-state index >= 15 is 0 Å². The number of halogens is 3. The number of nitrogens with zero attached hydrogens (tertiary/aromatic N) is 1. The molecule has 0 N–H and O–H groups in total. The summed E-state index contributed by atoms with van der Waals surface area (Å²) in [5.74, 6) is -0.682. The molecule has 0 heterocycles. The van der Waals surface area contributed by atoms with Gasteiger partial charge in [-0.3, -0.25) is 4.79 Å². The Kier molecular flexibility index (Phi) is 5.01. The molecule has 0 aliphatic rings. The number of amides is 1. The first-order chi connectivity index (χ1) is 9.90. The molecule has 110 valence electrons. The van der Waals surface area contributed by atoms with Crippen molar-refractivity contribution in [3.8, 4) is 0 Å². The minimum Gasteiger partial charge on any atom is -0.335 e. The minimum atomic E-state index is -0.436. The van der Waals surface area contributed by atoms with Gasteiger partial charge in [0.25, 0.3) is 5.91 Å². The third-order valence-corrected chi connectivity index (χ3v) is 4.36. The predicted octanol–water partition coefficient (Wildman–Crippen LogP) is 5.07. The Labute approximate surface area is 136 Å². The van der Waals surface area contributed by atoms with E-state index in [2.05, 4.69) is 15.9 Å². The first-order valence-corrected chi connectivity index (χ1v) is 7.55. The van der Waals surface area contributed by atoms with Gasteiger partial charge in [-0.2, -0.15) is 0 Å². The van der Waals surface area contributed by atoms with Crippen LogP contribution in [0.5, 0.6) is 0 Å². The Hall–Kier alpha value is -1.39. The normalized spacial score (nSPS) is 12.0. The van der Waals surface area contributed by atoms with Crippen LogP contribution in [0.3, 0.4) is 0 Å². The summed E-state index contributed by atoms with van der Waals surface area (Å²) in [5, 5.41) is 0.646. The van der Waals surface area contributed by atoms with Gasteiger partial charge >= 0.3 is 0 Å². The summed E-state index contributed by atoms with van der Waals surface area (Å²) in [7, 11) is 1.69. The third kappa shape index (κ3) is 3.63. The first kappa shape index (κ1) is 16.0. The lowest BCUT2D eigenvalue weighted by molar-refractivity contribution is 0.0741. The van der Waals surface area contributed by atoms with Crippen molar-refractivity contribution in [2.75, 3.05) is 7.05 Å². The lowest BCUT2D eigenvalue weighted by atomic mass is 10.1. The molecule has 0 spiro atoms. The van der Waals surface area contributed by atoms with Crippen molar-refractivity contribution in [3.63, 3.8) is 0 Å². The molecule has 0 aromatic heterocycles. The number of carbonyl (C=O) groups excluding carboxylic acids is 1. The van der Waals surface area contributed by atoms with E-state index in [9.17, 15) is 9.18 Å². The van der Waals surface area contributed by atoms with Gasteiger partial charge in [0.1, 0.15) is 5.82 Å². The van der Waals surface area contributed by atoms with Crippen LogP contribution in [0.25, 0.3) is 0 Å². The highest BCUT2D eigenvalue weighted by Gasteiger charge is 2.21. The van der Waals surface area contributed by atoms with Crippen molar-refractivity contribution in [1.29, 1.82) is 0 Å². The molecule has 0 aliphatic carbocycles. The van der Waals surface area contributed by atoms with Gasteiger partial charge in [-0.15, -0.1) is 0 Å². The van der Waals surface area contributed by atoms with Crippen LogP contribution in [0, 0.1) is 5.82 Å². The summed E-state index contributed by atoms with van der Waals surface area (Å²) in [6, 6.07) is 11.2. The fourth-order valence-corrected chi connectivity index (χ4v) is 2.53. The van der Waals surface area contributed by atoms with Crippen molar-refractivity contribution in [1.82, 2.24) is 4.90 Å². The van der Waals surface area contributed by atoms with E-state index in [4.69, 9.17) is 11.6 Å². The summed E-state index contributed by atoms with van der Waals surface area (Å²) >= 11 is 9.15. The molecular weight excluding hydrogens is 357 g/mol. The molecule has 0 saturated heterocycles. The molecule has 1 amide bonds. The van der Waals surface area contributed by atoms with Crippen LogP contribution in [-0.2, 0) is 0 Å². The molecule has 0 bridgehead atoms. The largest absolute Gasteiger partial charge is 0.335 e. The Morgan fingerprint density at radius 3 is 2.48 bits per heavy atom. The van der Waals surface area contributed by atoms with E-state index in [1.165, 1.54) is 18.2 Å². The number of hydrogen-bond donors (Lipinski definition) is 0. The van der Waals surface area contributed by atoms with Crippen molar-refractivity contribution in [2.45, 2.75) is 13.0 Å². The van der Waals surface area contributed by atoms with E-state index in [1.807, 2.05) is 19.1 Å². The van der Waals surface area contributed by atoms with Crippen molar-refractivity contribution in [3.05, 3.63) is 68.9 Å². The summed E-state index contributed by atoms with van der Waals surface area (Å²) in [5.41, 5.74) is 1.26. The van der Waals surface area contributed by atoms with Crippen LogP contribution < -0.4 is 0 Å². The standard InChI is InChI=1S/C16H14BrClFNO/c1-10(11-3-5-12(18)6-4-11)20(2)16(21)14-9-13(19)7-8-15(14)17/h3-10H,1-2H3/t10-/m1/s1. The van der Waals surface area contributed by atoms with Crippen LogP contribution in [0.1, 0.15) is 28.9 Å². The summed E-state index contributed by atoms with van der Waals surface area (Å²) < 4.78 is 13.9. The zero-order valence-corrected chi connectivity index (χ0v) is 14.0. The van der Waals surface area contributed by atoms with Crippen LogP contribution >= 0.6 is 27.5 Å². The zero-order chi connectivity index (χ0) is 15.6. The van der Waals surface area contributed by atoms with E-state index in [-0.39, 0.29) is 11.9 Å². The summed E-state index contributed by atoms with van der Waals surface area (Å²) in [6.45, 7) is 1.91. The number of benzene rings is 2. The smallest absolute Gasteiger partial charge is 0.255 e. The maximum atomic E-state index is 13.3. The monoisotopic (exact) mass is 369 g/mol. The van der Waals surface area contributed by atoms with Crippen molar-refractivity contribution >= 4 is 33.4 Å². The van der Waals surface area contributed by atoms with E-state index < -0.39 is 5.82 Å². The highest BCUT2D eigenvalue weighted by Crippen LogP contribution is 2.25. The molecule has 1 atom stereocenters. The molecule has 5 heteroatoms. The van der Waals surface area contributed by atoms with Gasteiger partial charge in [-0.25, -0.2) is 4.39 Å². The van der Waals surface area contributed by atoms with Crippen LogP contribution in [0.2, 0.25) is 5.02 Å². The van der Waals surface area contributed by atoms with Crippen LogP contribution in [-0.4, -0.2) is 17.9 Å². The van der Waals surface area contributed by atoms with Gasteiger partial charge in [0.2, 0.25) is 0 Å². The molecule has 2 nitrogen and oxygen atoms in total. The second kappa shape index (κ2) is 6.58. The maximum absolute atomic E-state index is 13.3. The quantitative estimate of drug-likeness (QED) is 0.738. The van der Waals surface area contributed by atoms with Crippen molar-refractivity contribution < 1.29 is 9.18 Å². The van der Waals surface area contributed by atoms with Gasteiger partial charge in [-0.05, 0) is 58.7 Å². The lowest BCUT2D eigenvalue weighted by Gasteiger charge is -2.26. The van der Waals surface area contributed by atoms with Gasteiger partial charge in [0, 0.05) is 16.5 Å². The summed E-state index contributed by atoms with van der Waals surface area (Å²) in [4.78, 5) is 14.1. The molecule has 21 heavy (non-hydrogen) atoms. The number of rotatable bonds is 3. The average Bonchev–Trinajstić information content (AvgIpc) is 2.48. The Morgan fingerprint density at radius 1 is 1.24 bits per heavy atom. The first-order valence-electron chi connectivity index (χ1n) is 6.38. The zero-order valence-electron chi connectivity index (χ0n) is 11.6. The molecule has 2 aromatic carbocycles. The van der Waals surface area contributed by atoms with Crippen LogP contribution in [0.4, 0.5) is 4.39 Å². The van der Waals surface area contributed by atoms with E-state index in [1.54, 1.807) is 24.1 Å². The third-order valence-electron chi connectivity index (χ3n) is 3.41. The molecule has 0 radical (unpaired) electrons. The average molecular weight is 371 g/mol. The highest BCUT2D eigenvalue weighted by molar-refractivity contribution is 9.10. The maximum Gasteiger partial charge on any atom is 0.255 e. The second-order valence-corrected chi connectivity index (χ2v) is 6.06. The van der Waals surface area contributed by atoms with Crippen molar-refractivity contribution in [2.24, 2.45) is 0 Å². The fourth-order valence-electron chi connectivity index (χ4n) is 1.99. The van der Waals surface area contributed by atoms with Gasteiger partial charge in [0.15, 0.2) is 0 Å². The predicted molar refractivity (Wildman–Crippen MR) is 86.1 cm³/mol. The van der Waals surface area contributed by atoms with Gasteiger partial charge in [0.05, 0.1) is 11.6 Å². The molecule has 0 unspecified atom stereocenters. The minimum absolute atomic E-state index is 0.148. The molecule has 2 rings (SSSR count). The number of carbonyl (C=O) groups is 1. The fraction of sp³-hybridized carbons (Fsp3) is 0.188. The molecule has 0 saturated carbocycles. The topological polar surface area (TPSA) is 20.3 Å². The highest BCUT2D eigenvalue weighted by atomic mass is 79.9. The SMILES string of the molecule is C[C@H](c1ccc(Cl)cc1)N(C)C(=O)c1cc(F)ccc1Br. The Bertz CT molecular complexity index is 660. The second-order valence-electron chi connectivity index (χ2n) is 4.77. The Morgan fingerprint density at radius 2 is 1.86 bits per heavy atom. The lowest BCUT2D eigenvalue weighted by Crippen LogP contribution is -2.30. The molecule has 2 aromatic rings. The molecule has 0 fully saturated rings. The van der Waals surface area contributed by atoms with Gasteiger partial charge in [-0.1, -0.05) is 23.7 Å². The van der Waals surface area contributed by atoms with E-state index in [0.29, 0.717) is 15.1 Å². The van der Waals surface area contributed by atoms with Crippen LogP contribution in [0.15, 0.2) is 46.9 Å². The number of hydrogen-bond acceptors (Lipinski definition) is 1. The molecule has 0 aliphatic heterocycles.